The van der Waals surface area contributed by atoms with Gasteiger partial charge in [-0.1, -0.05) is 0 Å². The molecular formula is C26H32N6O4. The molecule has 3 aliphatic heterocycles. The molecule has 6 rings (SSSR count). The number of hydrogen-bond acceptors (Lipinski definition) is 8. The lowest BCUT2D eigenvalue weighted by atomic mass is 9.78. The van der Waals surface area contributed by atoms with Crippen molar-refractivity contribution in [3.05, 3.63) is 36.1 Å². The number of rotatable bonds is 4. The topological polar surface area (TPSA) is 107 Å². The number of carbonyl (C=O) groups is 1. The maximum atomic E-state index is 11.4. The third-order valence-corrected chi connectivity index (χ3v) is 7.92. The van der Waals surface area contributed by atoms with Gasteiger partial charge in [0.05, 0.1) is 19.5 Å². The van der Waals surface area contributed by atoms with Crippen molar-refractivity contribution in [2.45, 2.75) is 26.2 Å². The van der Waals surface area contributed by atoms with Crippen LogP contribution in [0.3, 0.4) is 0 Å². The van der Waals surface area contributed by atoms with Gasteiger partial charge in [-0.15, -0.1) is 0 Å². The molecule has 1 spiro atoms. The Hall–Kier alpha value is -3.53. The molecule has 1 amide bonds. The molecule has 36 heavy (non-hydrogen) atoms. The average Bonchev–Trinajstić information content (AvgIpc) is 3.52. The van der Waals surface area contributed by atoms with Crippen LogP contribution in [-0.4, -0.2) is 78.5 Å². The highest BCUT2D eigenvalue weighted by molar-refractivity contribution is 5.86. The summed E-state index contributed by atoms with van der Waals surface area (Å²) in [6.45, 7) is 8.34. The lowest BCUT2D eigenvalue weighted by Crippen LogP contribution is -2.42. The summed E-state index contributed by atoms with van der Waals surface area (Å²) >= 11 is 0. The minimum absolute atomic E-state index is 0.0744. The van der Waals surface area contributed by atoms with Gasteiger partial charge in [0.25, 0.3) is 0 Å². The van der Waals surface area contributed by atoms with Crippen molar-refractivity contribution in [3.8, 4) is 0 Å². The quantitative estimate of drug-likeness (QED) is 0.557. The molecule has 10 heteroatoms. The summed E-state index contributed by atoms with van der Waals surface area (Å²) in [6.07, 6.45) is 3.65. The van der Waals surface area contributed by atoms with Crippen LogP contribution in [0.2, 0.25) is 0 Å². The normalized spacial score (nSPS) is 19.9. The molecule has 0 bridgehead atoms. The minimum Gasteiger partial charge on any atom is -0.465 e. The molecule has 0 radical (unpaired) electrons. The number of carboxylic acid groups (broad SMARTS) is 1. The molecule has 1 aromatic carbocycles. The summed E-state index contributed by atoms with van der Waals surface area (Å²) in [5, 5.41) is 12.8. The van der Waals surface area contributed by atoms with Gasteiger partial charge in [-0.05, 0) is 55.4 Å². The van der Waals surface area contributed by atoms with Crippen LogP contribution in [0, 0.1) is 12.3 Å². The van der Waals surface area contributed by atoms with Gasteiger partial charge in [-0.3, -0.25) is 0 Å². The summed E-state index contributed by atoms with van der Waals surface area (Å²) in [5.41, 5.74) is 4.89. The van der Waals surface area contributed by atoms with E-state index in [2.05, 4.69) is 45.2 Å². The fraction of sp³-hybridized carbons (Fsp3) is 0.500. The number of nitrogens with zero attached hydrogens (tertiary/aromatic N) is 5. The zero-order valence-electron chi connectivity index (χ0n) is 20.6. The van der Waals surface area contributed by atoms with Gasteiger partial charge in [0, 0.05) is 56.7 Å². The molecule has 3 fully saturated rings. The number of fused-ring (bicyclic) bond motifs is 1. The zero-order valence-corrected chi connectivity index (χ0v) is 20.6. The molecule has 190 valence electrons. The number of furan rings is 1. The van der Waals surface area contributed by atoms with E-state index in [9.17, 15) is 9.90 Å². The van der Waals surface area contributed by atoms with Crippen LogP contribution in [-0.2, 0) is 4.74 Å². The van der Waals surface area contributed by atoms with Gasteiger partial charge >= 0.3 is 6.09 Å². The Bertz CT molecular complexity index is 1260. The number of anilines is 4. The van der Waals surface area contributed by atoms with Crippen LogP contribution in [0.15, 0.2) is 34.9 Å². The van der Waals surface area contributed by atoms with Gasteiger partial charge in [0.1, 0.15) is 5.52 Å². The molecule has 3 aliphatic rings. The maximum absolute atomic E-state index is 11.4. The molecule has 5 heterocycles. The second-order valence-corrected chi connectivity index (χ2v) is 10.2. The Balaban J connectivity index is 1.20. The first-order chi connectivity index (χ1) is 17.5. The van der Waals surface area contributed by atoms with E-state index in [1.165, 1.54) is 11.3 Å². The van der Waals surface area contributed by atoms with Gasteiger partial charge in [0.15, 0.2) is 11.4 Å². The van der Waals surface area contributed by atoms with Gasteiger partial charge in [0.2, 0.25) is 5.95 Å². The lowest BCUT2D eigenvalue weighted by molar-refractivity contribution is 0.122. The van der Waals surface area contributed by atoms with Crippen LogP contribution in [0.25, 0.3) is 11.1 Å². The first-order valence-electron chi connectivity index (χ1n) is 12.7. The van der Waals surface area contributed by atoms with Crippen LogP contribution in [0.1, 0.15) is 24.8 Å². The molecule has 2 N–H and O–H groups in total. The molecule has 0 aliphatic carbocycles. The molecule has 3 saturated heterocycles. The fourth-order valence-electron chi connectivity index (χ4n) is 5.84. The first-order valence-corrected chi connectivity index (χ1v) is 12.7. The molecule has 0 unspecified atom stereocenters. The minimum atomic E-state index is -0.814. The molecule has 0 saturated carbocycles. The van der Waals surface area contributed by atoms with E-state index in [1.807, 2.05) is 6.07 Å². The Morgan fingerprint density at radius 3 is 2.53 bits per heavy atom. The molecule has 3 aromatic rings. The number of aryl methyl sites for hydroxylation is 1. The second kappa shape index (κ2) is 9.16. The lowest BCUT2D eigenvalue weighted by Gasteiger charge is -2.39. The van der Waals surface area contributed by atoms with E-state index in [-0.39, 0.29) is 5.41 Å². The van der Waals surface area contributed by atoms with Gasteiger partial charge < -0.3 is 34.3 Å². The molecule has 2 aromatic heterocycles. The van der Waals surface area contributed by atoms with E-state index in [0.29, 0.717) is 24.6 Å². The van der Waals surface area contributed by atoms with Gasteiger partial charge in [-0.25, -0.2) is 9.78 Å². The van der Waals surface area contributed by atoms with E-state index in [0.717, 1.165) is 75.7 Å². The summed E-state index contributed by atoms with van der Waals surface area (Å²) in [5.74, 6) is 1.33. The SMILES string of the molecule is Cc1cc(Nc2nc(N3CCC4(CCN(C(=O)O)C4)CC3)c3occc3n2)ccc1N1CCOCC1. The van der Waals surface area contributed by atoms with E-state index in [1.54, 1.807) is 11.2 Å². The Kier molecular flexibility index (Phi) is 5.83. The standard InChI is InChI=1S/C26H32N6O4/c1-18-16-19(2-3-21(18)30-11-14-35-15-12-30)27-24-28-20-4-13-36-22(20)23(29-24)31-8-5-26(6-9-31)7-10-32(17-26)25(33)34/h2-4,13,16H,5-12,14-15,17H2,1H3,(H,33,34)(H,27,28,29). The highest BCUT2D eigenvalue weighted by atomic mass is 16.5. The van der Waals surface area contributed by atoms with Crippen molar-refractivity contribution in [1.29, 1.82) is 0 Å². The predicted molar refractivity (Wildman–Crippen MR) is 137 cm³/mol. The average molecular weight is 493 g/mol. The number of hydrogen-bond donors (Lipinski definition) is 2. The number of morpholine rings is 1. The number of benzene rings is 1. The summed E-state index contributed by atoms with van der Waals surface area (Å²) in [7, 11) is 0. The third-order valence-electron chi connectivity index (χ3n) is 7.92. The van der Waals surface area contributed by atoms with E-state index < -0.39 is 6.09 Å². The van der Waals surface area contributed by atoms with Crippen LogP contribution in [0.5, 0.6) is 0 Å². The summed E-state index contributed by atoms with van der Waals surface area (Å²) in [4.78, 5) is 27.1. The molecular weight excluding hydrogens is 460 g/mol. The predicted octanol–water partition coefficient (Wildman–Crippen LogP) is 4.08. The van der Waals surface area contributed by atoms with E-state index >= 15 is 0 Å². The summed E-state index contributed by atoms with van der Waals surface area (Å²) < 4.78 is 11.3. The monoisotopic (exact) mass is 492 g/mol. The van der Waals surface area contributed by atoms with E-state index in [4.69, 9.17) is 14.1 Å². The van der Waals surface area contributed by atoms with Gasteiger partial charge in [-0.2, -0.15) is 4.98 Å². The van der Waals surface area contributed by atoms with Crippen molar-refractivity contribution in [2.24, 2.45) is 5.41 Å². The fourth-order valence-corrected chi connectivity index (χ4v) is 5.84. The van der Waals surface area contributed by atoms with Crippen molar-refractivity contribution in [2.75, 3.05) is 67.6 Å². The highest BCUT2D eigenvalue weighted by Gasteiger charge is 2.42. The molecule has 10 nitrogen and oxygen atoms in total. The third kappa shape index (κ3) is 4.30. The summed E-state index contributed by atoms with van der Waals surface area (Å²) in [6, 6.07) is 8.21. The number of nitrogens with one attached hydrogen (secondary N) is 1. The Morgan fingerprint density at radius 2 is 1.81 bits per heavy atom. The number of ether oxygens (including phenoxy) is 1. The largest absolute Gasteiger partial charge is 0.465 e. The Morgan fingerprint density at radius 1 is 1.03 bits per heavy atom. The smallest absolute Gasteiger partial charge is 0.407 e. The van der Waals surface area contributed by atoms with Crippen molar-refractivity contribution < 1.29 is 19.1 Å². The number of amides is 1. The van der Waals surface area contributed by atoms with Crippen LogP contribution >= 0.6 is 0 Å². The highest BCUT2D eigenvalue weighted by Crippen LogP contribution is 2.42. The number of piperidine rings is 1. The second-order valence-electron chi connectivity index (χ2n) is 10.2. The van der Waals surface area contributed by atoms with Crippen molar-refractivity contribution in [1.82, 2.24) is 14.9 Å². The van der Waals surface area contributed by atoms with Crippen molar-refractivity contribution in [3.63, 3.8) is 0 Å². The Labute approximate surface area is 209 Å². The maximum Gasteiger partial charge on any atom is 0.407 e. The number of aromatic nitrogens is 2. The first kappa shape index (κ1) is 22.9. The zero-order chi connectivity index (χ0) is 24.7. The number of likely N-dealkylation sites (tertiary alicyclic amines) is 1. The molecule has 0 atom stereocenters. The van der Waals surface area contributed by atoms with Crippen LogP contribution < -0.4 is 15.1 Å². The van der Waals surface area contributed by atoms with Crippen LogP contribution in [0.4, 0.5) is 27.9 Å². The van der Waals surface area contributed by atoms with Crippen molar-refractivity contribution >= 4 is 40.3 Å².